The Morgan fingerprint density at radius 3 is 3.00 bits per heavy atom. The van der Waals surface area contributed by atoms with Gasteiger partial charge in [-0.2, -0.15) is 11.3 Å². The Bertz CT molecular complexity index is 645. The molecule has 0 unspecified atom stereocenters. The first-order chi connectivity index (χ1) is 7.74. The summed E-state index contributed by atoms with van der Waals surface area (Å²) in [6.45, 7) is 0. The first kappa shape index (κ1) is 9.86. The molecular weight excluding hydrogens is 288 g/mol. The normalized spacial score (nSPS) is 11.1. The van der Waals surface area contributed by atoms with Crippen LogP contribution in [0.25, 0.3) is 22.6 Å². The average Bonchev–Trinajstić information content (AvgIpc) is 2.82. The van der Waals surface area contributed by atoms with Gasteiger partial charge in [0.25, 0.3) is 0 Å². The number of benzene rings is 1. The van der Waals surface area contributed by atoms with Crippen LogP contribution in [0.4, 0.5) is 5.69 Å². The van der Waals surface area contributed by atoms with Gasteiger partial charge in [0.15, 0.2) is 5.58 Å². The molecule has 0 saturated carbocycles. The Kier molecular flexibility index (Phi) is 2.22. The summed E-state index contributed by atoms with van der Waals surface area (Å²) in [4.78, 5) is 4.41. The molecule has 3 aromatic rings. The maximum absolute atomic E-state index is 5.86. The lowest BCUT2D eigenvalue weighted by molar-refractivity contribution is 0.621. The predicted molar refractivity (Wildman–Crippen MR) is 69.4 cm³/mol. The van der Waals surface area contributed by atoms with Crippen LogP contribution < -0.4 is 5.73 Å². The lowest BCUT2D eigenvalue weighted by atomic mass is 10.3. The minimum absolute atomic E-state index is 0.596. The first-order valence-electron chi connectivity index (χ1n) is 4.62. The van der Waals surface area contributed by atoms with Crippen molar-refractivity contribution in [3.63, 3.8) is 0 Å². The zero-order chi connectivity index (χ0) is 11.1. The zero-order valence-electron chi connectivity index (χ0n) is 8.11. The van der Waals surface area contributed by atoms with Crippen molar-refractivity contribution >= 4 is 44.1 Å². The predicted octanol–water partition coefficient (Wildman–Crippen LogP) is 3.90. The molecule has 0 bridgehead atoms. The number of nitrogens with zero attached hydrogens (tertiary/aromatic N) is 1. The second-order valence-electron chi connectivity index (χ2n) is 3.37. The molecule has 80 valence electrons. The van der Waals surface area contributed by atoms with E-state index < -0.39 is 0 Å². The Labute approximate surface area is 104 Å². The first-order valence-corrected chi connectivity index (χ1v) is 6.36. The fourth-order valence-corrected chi connectivity index (χ4v) is 2.63. The van der Waals surface area contributed by atoms with Crippen molar-refractivity contribution in [3.05, 3.63) is 33.4 Å². The standard InChI is InChI=1S/C11H7BrN2OS/c12-7-3-8(13)10-9(4-7)14-11(15-10)6-1-2-16-5-6/h1-5H,13H2. The van der Waals surface area contributed by atoms with Crippen molar-refractivity contribution in [2.75, 3.05) is 5.73 Å². The van der Waals surface area contributed by atoms with Crippen LogP contribution in [-0.4, -0.2) is 4.98 Å². The smallest absolute Gasteiger partial charge is 0.228 e. The van der Waals surface area contributed by atoms with E-state index in [2.05, 4.69) is 20.9 Å². The number of nitrogens with two attached hydrogens (primary N) is 1. The number of hydrogen-bond acceptors (Lipinski definition) is 4. The van der Waals surface area contributed by atoms with Crippen molar-refractivity contribution in [1.82, 2.24) is 4.98 Å². The number of halogens is 1. The van der Waals surface area contributed by atoms with E-state index >= 15 is 0 Å². The Balaban J connectivity index is 2.27. The van der Waals surface area contributed by atoms with Crippen molar-refractivity contribution < 1.29 is 4.42 Å². The number of fused-ring (bicyclic) bond motifs is 1. The molecule has 2 N–H and O–H groups in total. The van der Waals surface area contributed by atoms with E-state index in [9.17, 15) is 0 Å². The molecule has 3 rings (SSSR count). The summed E-state index contributed by atoms with van der Waals surface area (Å²) in [5.41, 5.74) is 8.86. The number of aromatic nitrogens is 1. The summed E-state index contributed by atoms with van der Waals surface area (Å²) >= 11 is 4.99. The summed E-state index contributed by atoms with van der Waals surface area (Å²) in [5, 5.41) is 3.99. The molecule has 3 nitrogen and oxygen atoms in total. The van der Waals surface area contributed by atoms with Crippen LogP contribution in [0, 0.1) is 0 Å². The number of rotatable bonds is 1. The summed E-state index contributed by atoms with van der Waals surface area (Å²) in [6, 6.07) is 5.68. The Morgan fingerprint density at radius 1 is 1.38 bits per heavy atom. The highest BCUT2D eigenvalue weighted by Gasteiger charge is 2.11. The molecule has 0 amide bonds. The fraction of sp³-hybridized carbons (Fsp3) is 0. The molecule has 0 aliphatic rings. The topological polar surface area (TPSA) is 52.0 Å². The highest BCUT2D eigenvalue weighted by molar-refractivity contribution is 9.10. The largest absolute Gasteiger partial charge is 0.434 e. The van der Waals surface area contributed by atoms with Gasteiger partial charge in [-0.25, -0.2) is 4.98 Å². The van der Waals surface area contributed by atoms with E-state index in [1.807, 2.05) is 29.0 Å². The van der Waals surface area contributed by atoms with Gasteiger partial charge >= 0.3 is 0 Å². The van der Waals surface area contributed by atoms with Crippen LogP contribution in [0.15, 0.2) is 37.8 Å². The molecule has 0 radical (unpaired) electrons. The molecule has 0 fully saturated rings. The number of hydrogen-bond donors (Lipinski definition) is 1. The van der Waals surface area contributed by atoms with E-state index in [4.69, 9.17) is 10.2 Å². The van der Waals surface area contributed by atoms with Crippen molar-refractivity contribution in [2.24, 2.45) is 0 Å². The van der Waals surface area contributed by atoms with E-state index in [1.54, 1.807) is 11.3 Å². The third kappa shape index (κ3) is 1.52. The van der Waals surface area contributed by atoms with E-state index in [-0.39, 0.29) is 0 Å². The highest BCUT2D eigenvalue weighted by Crippen LogP contribution is 2.31. The summed E-state index contributed by atoms with van der Waals surface area (Å²) in [5.74, 6) is 0.612. The number of nitrogen functional groups attached to an aromatic ring is 1. The number of oxazole rings is 1. The Morgan fingerprint density at radius 2 is 2.25 bits per heavy atom. The SMILES string of the molecule is Nc1cc(Br)cc2nc(-c3ccsc3)oc12. The van der Waals surface area contributed by atoms with Gasteiger partial charge in [-0.15, -0.1) is 0 Å². The lowest BCUT2D eigenvalue weighted by Gasteiger charge is -1.93. The second kappa shape index (κ2) is 3.61. The maximum Gasteiger partial charge on any atom is 0.228 e. The van der Waals surface area contributed by atoms with Gasteiger partial charge in [0.2, 0.25) is 5.89 Å². The second-order valence-corrected chi connectivity index (χ2v) is 5.07. The third-order valence-electron chi connectivity index (χ3n) is 2.25. The molecule has 0 spiro atoms. The van der Waals surface area contributed by atoms with Crippen molar-refractivity contribution in [1.29, 1.82) is 0 Å². The zero-order valence-corrected chi connectivity index (χ0v) is 10.5. The van der Waals surface area contributed by atoms with E-state index in [0.717, 1.165) is 15.6 Å². The van der Waals surface area contributed by atoms with Gasteiger partial charge in [0, 0.05) is 15.4 Å². The van der Waals surface area contributed by atoms with E-state index in [1.165, 1.54) is 0 Å². The number of anilines is 1. The minimum Gasteiger partial charge on any atom is -0.434 e. The maximum atomic E-state index is 5.86. The minimum atomic E-state index is 0.596. The van der Waals surface area contributed by atoms with Gasteiger partial charge in [-0.05, 0) is 23.6 Å². The molecular formula is C11H7BrN2OS. The fourth-order valence-electron chi connectivity index (χ4n) is 1.53. The third-order valence-corrected chi connectivity index (χ3v) is 3.39. The molecule has 2 aromatic heterocycles. The molecule has 0 aliphatic heterocycles. The average molecular weight is 295 g/mol. The van der Waals surface area contributed by atoms with Crippen LogP contribution in [0.2, 0.25) is 0 Å². The van der Waals surface area contributed by atoms with E-state index in [0.29, 0.717) is 17.2 Å². The quantitative estimate of drug-likeness (QED) is 0.693. The molecule has 5 heteroatoms. The molecule has 16 heavy (non-hydrogen) atoms. The molecule has 1 aromatic carbocycles. The molecule has 2 heterocycles. The van der Waals surface area contributed by atoms with Crippen LogP contribution in [-0.2, 0) is 0 Å². The van der Waals surface area contributed by atoms with Crippen LogP contribution in [0.5, 0.6) is 0 Å². The summed E-state index contributed by atoms with van der Waals surface area (Å²) in [7, 11) is 0. The molecule has 0 saturated heterocycles. The summed E-state index contributed by atoms with van der Waals surface area (Å²) < 4.78 is 6.55. The van der Waals surface area contributed by atoms with Gasteiger partial charge in [0.1, 0.15) is 5.52 Å². The van der Waals surface area contributed by atoms with Crippen molar-refractivity contribution in [3.8, 4) is 11.5 Å². The number of thiophene rings is 1. The highest BCUT2D eigenvalue weighted by atomic mass is 79.9. The molecule has 0 aliphatic carbocycles. The molecule has 0 atom stereocenters. The van der Waals surface area contributed by atoms with Gasteiger partial charge in [0.05, 0.1) is 5.69 Å². The van der Waals surface area contributed by atoms with Crippen LogP contribution in [0.1, 0.15) is 0 Å². The monoisotopic (exact) mass is 294 g/mol. The van der Waals surface area contributed by atoms with Crippen LogP contribution in [0.3, 0.4) is 0 Å². The Hall–Kier alpha value is -1.33. The summed E-state index contributed by atoms with van der Waals surface area (Å²) in [6.07, 6.45) is 0. The van der Waals surface area contributed by atoms with Crippen molar-refractivity contribution in [2.45, 2.75) is 0 Å². The lowest BCUT2D eigenvalue weighted by Crippen LogP contribution is -1.84. The van der Waals surface area contributed by atoms with Gasteiger partial charge < -0.3 is 10.2 Å². The van der Waals surface area contributed by atoms with Gasteiger partial charge in [-0.3, -0.25) is 0 Å². The van der Waals surface area contributed by atoms with Gasteiger partial charge in [-0.1, -0.05) is 15.9 Å². The van der Waals surface area contributed by atoms with Crippen LogP contribution >= 0.6 is 27.3 Å².